The average molecular weight is 557 g/mol. The van der Waals surface area contributed by atoms with Gasteiger partial charge in [-0.3, -0.25) is 4.79 Å². The number of carbonyl (C=O) groups is 3. The number of esters is 1. The van der Waals surface area contributed by atoms with Crippen molar-refractivity contribution in [3.05, 3.63) is 71.3 Å². The summed E-state index contributed by atoms with van der Waals surface area (Å²) < 4.78 is 10.6. The van der Waals surface area contributed by atoms with Gasteiger partial charge in [-0.25, -0.2) is 0 Å². The van der Waals surface area contributed by atoms with E-state index < -0.39 is 29.7 Å². The molecule has 1 aromatic carbocycles. The molecule has 0 aromatic heterocycles. The summed E-state index contributed by atoms with van der Waals surface area (Å²) in [7, 11) is 1.69. The molecular formula is C33H48O7. The third-order valence-electron chi connectivity index (χ3n) is 7.08. The van der Waals surface area contributed by atoms with E-state index in [1.54, 1.807) is 19.3 Å². The minimum Gasteiger partial charge on any atom is -0.455 e. The Labute approximate surface area is 240 Å². The number of benzene rings is 1. The average Bonchev–Trinajstić information content (AvgIpc) is 2.89. The van der Waals surface area contributed by atoms with Crippen LogP contribution in [0.3, 0.4) is 0 Å². The molecule has 0 aliphatic heterocycles. The molecule has 0 radical (unpaired) electrons. The number of hydrogen-bond acceptors (Lipinski definition) is 7. The summed E-state index contributed by atoms with van der Waals surface area (Å²) in [6.45, 7) is 9.36. The van der Waals surface area contributed by atoms with E-state index in [1.165, 1.54) is 25.0 Å². The highest BCUT2D eigenvalue weighted by molar-refractivity contribution is 5.66. The zero-order valence-electron chi connectivity index (χ0n) is 24.9. The van der Waals surface area contributed by atoms with Crippen LogP contribution in [0.2, 0.25) is 0 Å². The highest BCUT2D eigenvalue weighted by atomic mass is 16.6. The zero-order valence-corrected chi connectivity index (χ0v) is 24.9. The van der Waals surface area contributed by atoms with Crippen LogP contribution in [0.4, 0.5) is 0 Å². The van der Waals surface area contributed by atoms with Gasteiger partial charge in [0.05, 0.1) is 12.7 Å². The molecule has 0 saturated carbocycles. The first kappa shape index (κ1) is 35.2. The summed E-state index contributed by atoms with van der Waals surface area (Å²) in [5.74, 6) is -0.801. The van der Waals surface area contributed by atoms with Crippen LogP contribution in [-0.4, -0.2) is 53.7 Å². The highest BCUT2D eigenvalue weighted by Crippen LogP contribution is 2.26. The van der Waals surface area contributed by atoms with Crippen molar-refractivity contribution < 1.29 is 34.1 Å². The molecule has 0 amide bonds. The molecule has 0 fully saturated rings. The Bertz CT molecular complexity index is 1010. The fourth-order valence-electron chi connectivity index (χ4n) is 4.46. The molecule has 1 rings (SSSR count). The number of aryl methyl sites for hydroxylation is 1. The van der Waals surface area contributed by atoms with E-state index in [4.69, 9.17) is 9.47 Å². The summed E-state index contributed by atoms with van der Waals surface area (Å²) in [6, 6.07) is 8.43. The van der Waals surface area contributed by atoms with Crippen LogP contribution in [0.5, 0.6) is 0 Å². The maximum Gasteiger partial charge on any atom is 0.303 e. The largest absolute Gasteiger partial charge is 0.455 e. The van der Waals surface area contributed by atoms with E-state index in [9.17, 15) is 24.6 Å². The SMILES string of the molecule is COCc1cccc(CCC(C)/C=C/C=C(\C)[C@@H](C=O)[C@@H](C)/C=C/[C@H](OC(C)=O)[C@@](C)(O)CC[C@H](O)CC=O)c1. The molecular weight excluding hydrogens is 508 g/mol. The second kappa shape index (κ2) is 18.5. The van der Waals surface area contributed by atoms with E-state index in [0.29, 0.717) is 18.8 Å². The van der Waals surface area contributed by atoms with Gasteiger partial charge in [-0.05, 0) is 68.6 Å². The molecule has 0 bridgehead atoms. The first-order valence-electron chi connectivity index (χ1n) is 14.0. The molecule has 7 heteroatoms. The van der Waals surface area contributed by atoms with E-state index in [2.05, 4.69) is 37.3 Å². The van der Waals surface area contributed by atoms with Gasteiger partial charge in [-0.15, -0.1) is 0 Å². The van der Waals surface area contributed by atoms with Crippen molar-refractivity contribution in [2.45, 2.75) is 91.1 Å². The van der Waals surface area contributed by atoms with Gasteiger partial charge in [0.15, 0.2) is 0 Å². The van der Waals surface area contributed by atoms with Gasteiger partial charge in [0.2, 0.25) is 0 Å². The van der Waals surface area contributed by atoms with Crippen LogP contribution in [0, 0.1) is 17.8 Å². The summed E-state index contributed by atoms with van der Waals surface area (Å²) in [5.41, 5.74) is 1.89. The molecule has 7 nitrogen and oxygen atoms in total. The number of aldehydes is 2. The lowest BCUT2D eigenvalue weighted by atomic mass is 9.86. The monoisotopic (exact) mass is 556 g/mol. The van der Waals surface area contributed by atoms with Crippen molar-refractivity contribution in [2.24, 2.45) is 17.8 Å². The normalized spacial score (nSPS) is 17.6. The van der Waals surface area contributed by atoms with Crippen LogP contribution in [0.25, 0.3) is 0 Å². The summed E-state index contributed by atoms with van der Waals surface area (Å²) in [4.78, 5) is 34.3. The number of ether oxygens (including phenoxy) is 2. The predicted octanol–water partition coefficient (Wildman–Crippen LogP) is 5.32. The van der Waals surface area contributed by atoms with Crippen LogP contribution < -0.4 is 0 Å². The van der Waals surface area contributed by atoms with Crippen LogP contribution >= 0.6 is 0 Å². The Morgan fingerprint density at radius 3 is 2.40 bits per heavy atom. The predicted molar refractivity (Wildman–Crippen MR) is 157 cm³/mol. The Kier molecular flexibility index (Phi) is 16.2. The maximum absolute atomic E-state index is 12.0. The molecule has 2 N–H and O–H groups in total. The number of carbonyl (C=O) groups excluding carboxylic acids is 3. The van der Waals surface area contributed by atoms with Crippen molar-refractivity contribution in [3.8, 4) is 0 Å². The van der Waals surface area contributed by atoms with Crippen LogP contribution in [-0.2, 0) is 36.9 Å². The molecule has 6 atom stereocenters. The first-order valence-corrected chi connectivity index (χ1v) is 14.0. The number of rotatable bonds is 19. The maximum atomic E-state index is 12.0. The first-order chi connectivity index (χ1) is 18.9. The number of hydrogen-bond donors (Lipinski definition) is 2. The van der Waals surface area contributed by atoms with E-state index in [0.717, 1.165) is 24.7 Å². The summed E-state index contributed by atoms with van der Waals surface area (Å²) in [6.07, 6.45) is 11.4. The number of allylic oxidation sites excluding steroid dienone is 5. The van der Waals surface area contributed by atoms with E-state index in [-0.39, 0.29) is 25.2 Å². The number of aliphatic hydroxyl groups is 2. The minimum atomic E-state index is -1.46. The third-order valence-corrected chi connectivity index (χ3v) is 7.08. The topological polar surface area (TPSA) is 110 Å². The Morgan fingerprint density at radius 2 is 1.77 bits per heavy atom. The molecule has 40 heavy (non-hydrogen) atoms. The van der Waals surface area contributed by atoms with Crippen LogP contribution in [0.1, 0.15) is 71.4 Å². The van der Waals surface area contributed by atoms with Crippen molar-refractivity contribution in [1.82, 2.24) is 0 Å². The van der Waals surface area contributed by atoms with E-state index in [1.807, 2.05) is 26.0 Å². The van der Waals surface area contributed by atoms with E-state index >= 15 is 0 Å². The molecule has 0 heterocycles. The molecule has 0 spiro atoms. The minimum absolute atomic E-state index is 0.0240. The third kappa shape index (κ3) is 13.5. The smallest absolute Gasteiger partial charge is 0.303 e. The second-order valence-electron chi connectivity index (χ2n) is 11.0. The number of methoxy groups -OCH3 is 1. The van der Waals surface area contributed by atoms with Gasteiger partial charge >= 0.3 is 5.97 Å². The van der Waals surface area contributed by atoms with Crippen molar-refractivity contribution in [2.75, 3.05) is 7.11 Å². The molecule has 0 aliphatic rings. The Morgan fingerprint density at radius 1 is 1.07 bits per heavy atom. The lowest BCUT2D eigenvalue weighted by Crippen LogP contribution is -2.41. The molecule has 0 saturated heterocycles. The quantitative estimate of drug-likeness (QED) is 0.103. The molecule has 0 aliphatic carbocycles. The Balaban J connectivity index is 2.81. The van der Waals surface area contributed by atoms with Gasteiger partial charge < -0.3 is 29.3 Å². The summed E-state index contributed by atoms with van der Waals surface area (Å²) in [5, 5.41) is 20.8. The highest BCUT2D eigenvalue weighted by Gasteiger charge is 2.33. The fourth-order valence-corrected chi connectivity index (χ4v) is 4.46. The standard InChI is InChI=1S/C33H48O7/c1-24(13-15-28-11-8-12-29(21-28)23-39-6)9-7-10-25(2)31(22-35)26(3)14-16-32(40-27(4)36)33(5,38)19-17-30(37)18-20-34/h7-12,14,16,20-22,24,26,30-32,37-38H,13,15,17-19,23H2,1-6H3/b9-7+,16-14+,25-10+/t24?,26-,30-,31+,32-,33-/m0/s1. The van der Waals surface area contributed by atoms with Crippen LogP contribution in [0.15, 0.2) is 60.2 Å². The molecule has 222 valence electrons. The molecule has 1 aromatic rings. The van der Waals surface area contributed by atoms with Crippen molar-refractivity contribution >= 4 is 18.5 Å². The lowest BCUT2D eigenvalue weighted by molar-refractivity contribution is -0.156. The molecule has 1 unspecified atom stereocenters. The van der Waals surface area contributed by atoms with Crippen molar-refractivity contribution in [1.29, 1.82) is 0 Å². The Hall–Kier alpha value is -2.87. The van der Waals surface area contributed by atoms with Crippen molar-refractivity contribution in [3.63, 3.8) is 0 Å². The second-order valence-corrected chi connectivity index (χ2v) is 11.0. The zero-order chi connectivity index (χ0) is 30.1. The fraction of sp³-hybridized carbons (Fsp3) is 0.545. The van der Waals surface area contributed by atoms with Gasteiger partial charge in [-0.1, -0.05) is 68.0 Å². The number of aliphatic hydroxyl groups excluding tert-OH is 1. The lowest BCUT2D eigenvalue weighted by Gasteiger charge is -2.31. The van der Waals surface area contributed by atoms with Gasteiger partial charge in [0.1, 0.15) is 24.3 Å². The van der Waals surface area contributed by atoms with Gasteiger partial charge in [0.25, 0.3) is 0 Å². The van der Waals surface area contributed by atoms with Gasteiger partial charge in [-0.2, -0.15) is 0 Å². The summed E-state index contributed by atoms with van der Waals surface area (Å²) >= 11 is 0. The van der Waals surface area contributed by atoms with Gasteiger partial charge in [0, 0.05) is 26.4 Å².